The molecular formula is C28H24Cl2N2O4. The maximum atomic E-state index is 14.2. The zero-order valence-electron chi connectivity index (χ0n) is 19.7. The molecule has 8 heteroatoms. The number of carbonyl (C=O) groups excluding carboxylic acids is 3. The molecule has 184 valence electrons. The molecule has 2 aromatic carbocycles. The van der Waals surface area contributed by atoms with Gasteiger partial charge in [0.15, 0.2) is 0 Å². The van der Waals surface area contributed by atoms with E-state index in [1.807, 2.05) is 62.4 Å². The highest BCUT2D eigenvalue weighted by molar-refractivity contribution is 6.36. The number of nitrogens with one attached hydrogen (secondary N) is 1. The molecule has 3 aromatic rings. The molecule has 0 unspecified atom stereocenters. The van der Waals surface area contributed by atoms with Crippen LogP contribution in [0.3, 0.4) is 0 Å². The number of nitrogens with zero attached hydrogens (tertiary/aromatic N) is 1. The summed E-state index contributed by atoms with van der Waals surface area (Å²) >= 11 is 14.9. The number of furan rings is 1. The minimum absolute atomic E-state index is 0.147. The summed E-state index contributed by atoms with van der Waals surface area (Å²) in [6, 6.07) is 17.4. The maximum absolute atomic E-state index is 14.2. The molecule has 1 aliphatic heterocycles. The van der Waals surface area contributed by atoms with E-state index >= 15 is 0 Å². The predicted octanol–water partition coefficient (Wildman–Crippen LogP) is 4.51. The lowest BCUT2D eigenvalue weighted by Gasteiger charge is -2.54. The molecule has 3 amide bonds. The average Bonchev–Trinajstić information content (AvgIpc) is 3.48. The van der Waals surface area contributed by atoms with Crippen LogP contribution in [0.5, 0.6) is 0 Å². The van der Waals surface area contributed by atoms with Gasteiger partial charge in [-0.2, -0.15) is 0 Å². The zero-order valence-corrected chi connectivity index (χ0v) is 21.2. The minimum Gasteiger partial charge on any atom is -0.467 e. The number of benzene rings is 2. The van der Waals surface area contributed by atoms with Gasteiger partial charge in [0.25, 0.3) is 0 Å². The second kappa shape index (κ2) is 7.95. The molecule has 1 N–H and O–H groups in total. The number of imide groups is 1. The summed E-state index contributed by atoms with van der Waals surface area (Å²) in [5.41, 5.74) is 2.92. The molecule has 4 aliphatic rings. The number of amides is 3. The largest absolute Gasteiger partial charge is 0.467 e. The van der Waals surface area contributed by atoms with Crippen molar-refractivity contribution in [3.63, 3.8) is 0 Å². The van der Waals surface area contributed by atoms with Gasteiger partial charge < -0.3 is 9.73 Å². The second-order valence-corrected chi connectivity index (χ2v) is 11.2. The van der Waals surface area contributed by atoms with Crippen molar-refractivity contribution in [2.75, 3.05) is 0 Å². The molecule has 1 fully saturated rings. The Morgan fingerprint density at radius 1 is 0.889 bits per heavy atom. The van der Waals surface area contributed by atoms with Crippen molar-refractivity contribution in [2.24, 2.45) is 17.8 Å². The Kier molecular flexibility index (Phi) is 5.15. The maximum Gasteiger partial charge on any atom is 0.243 e. The fourth-order valence-electron chi connectivity index (χ4n) is 6.37. The molecule has 2 bridgehead atoms. The number of alkyl halides is 2. The van der Waals surface area contributed by atoms with Gasteiger partial charge in [-0.1, -0.05) is 62.4 Å². The number of hydrogen-bond donors (Lipinski definition) is 1. The average molecular weight is 523 g/mol. The molecule has 1 aromatic heterocycles. The van der Waals surface area contributed by atoms with Crippen molar-refractivity contribution in [3.8, 4) is 0 Å². The molecule has 0 radical (unpaired) electrons. The molecule has 7 rings (SSSR count). The number of likely N-dealkylation sites (tertiary alicyclic amines) is 1. The SMILES string of the molecule is CC(C)[C@@H](C(=O)NCc1ccco1)N1C(=O)[C@H]2[C@H](C1=O)C1(Cl)c3ccccc3C2(Cl)c2ccccc21. The van der Waals surface area contributed by atoms with E-state index < -0.39 is 45.3 Å². The fraction of sp³-hybridized carbons (Fsp3) is 0.321. The van der Waals surface area contributed by atoms with Gasteiger partial charge in [0.2, 0.25) is 17.7 Å². The molecule has 3 aliphatic carbocycles. The van der Waals surface area contributed by atoms with Crippen molar-refractivity contribution in [1.29, 1.82) is 0 Å². The lowest BCUT2D eigenvalue weighted by molar-refractivity contribution is -0.149. The van der Waals surface area contributed by atoms with Gasteiger partial charge >= 0.3 is 0 Å². The van der Waals surface area contributed by atoms with Crippen LogP contribution in [-0.2, 0) is 30.7 Å². The Hall–Kier alpha value is -3.09. The standard InChI is InChI=1S/C28H24Cl2N2O4/c1-15(2)23(24(33)31-14-16-8-7-13-36-16)32-25(34)21-22(26(32)35)28(30)18-10-4-3-9-17(18)27(21,29)19-11-5-6-12-20(19)28/h3-13,15,21-23H,14H2,1-2H3,(H,31,33)/t21-,22-,23+,27?,28?/m1/s1. The van der Waals surface area contributed by atoms with Gasteiger partial charge in [-0.25, -0.2) is 0 Å². The van der Waals surface area contributed by atoms with E-state index in [4.69, 9.17) is 27.6 Å². The summed E-state index contributed by atoms with van der Waals surface area (Å²) in [6.45, 7) is 3.77. The highest BCUT2D eigenvalue weighted by Gasteiger charge is 2.73. The highest BCUT2D eigenvalue weighted by atomic mass is 35.5. The van der Waals surface area contributed by atoms with Crippen LogP contribution < -0.4 is 5.32 Å². The molecule has 0 spiro atoms. The first-order valence-electron chi connectivity index (χ1n) is 12.0. The van der Waals surface area contributed by atoms with Gasteiger partial charge in [0.05, 0.1) is 24.6 Å². The number of carbonyl (C=O) groups is 3. The topological polar surface area (TPSA) is 79.6 Å². The summed E-state index contributed by atoms with van der Waals surface area (Å²) in [4.78, 5) is 40.2. The number of halogens is 2. The quantitative estimate of drug-likeness (QED) is 0.394. The van der Waals surface area contributed by atoms with E-state index in [0.29, 0.717) is 5.76 Å². The molecule has 6 nitrogen and oxygen atoms in total. The normalized spacial score (nSPS) is 28.6. The van der Waals surface area contributed by atoms with Crippen molar-refractivity contribution in [3.05, 3.63) is 94.9 Å². The van der Waals surface area contributed by atoms with Gasteiger partial charge in [0.1, 0.15) is 21.6 Å². The van der Waals surface area contributed by atoms with Crippen LogP contribution in [0.15, 0.2) is 71.3 Å². The molecular weight excluding hydrogens is 499 g/mol. The Morgan fingerprint density at radius 3 is 1.75 bits per heavy atom. The van der Waals surface area contributed by atoms with Gasteiger partial charge in [-0.3, -0.25) is 19.3 Å². The van der Waals surface area contributed by atoms with E-state index in [1.165, 1.54) is 6.26 Å². The number of rotatable bonds is 5. The molecule has 3 atom stereocenters. The second-order valence-electron chi connectivity index (χ2n) is 10.0. The van der Waals surface area contributed by atoms with Crippen LogP contribution in [0.4, 0.5) is 0 Å². The Morgan fingerprint density at radius 2 is 1.36 bits per heavy atom. The van der Waals surface area contributed by atoms with Crippen LogP contribution in [0.25, 0.3) is 0 Å². The van der Waals surface area contributed by atoms with Crippen LogP contribution in [-0.4, -0.2) is 28.7 Å². The molecule has 0 saturated carbocycles. The Balaban J connectivity index is 1.47. The lowest BCUT2D eigenvalue weighted by atomic mass is 9.54. The van der Waals surface area contributed by atoms with Crippen molar-refractivity contribution < 1.29 is 18.8 Å². The summed E-state index contributed by atoms with van der Waals surface area (Å²) in [7, 11) is 0. The summed E-state index contributed by atoms with van der Waals surface area (Å²) in [6.07, 6.45) is 1.52. The summed E-state index contributed by atoms with van der Waals surface area (Å²) < 4.78 is 5.31. The van der Waals surface area contributed by atoms with Gasteiger partial charge in [-0.05, 0) is 40.3 Å². The predicted molar refractivity (Wildman–Crippen MR) is 134 cm³/mol. The minimum atomic E-state index is -1.28. The van der Waals surface area contributed by atoms with Crippen LogP contribution in [0, 0.1) is 17.8 Å². The van der Waals surface area contributed by atoms with Gasteiger partial charge in [0, 0.05) is 0 Å². The third kappa shape index (κ3) is 2.83. The van der Waals surface area contributed by atoms with Crippen molar-refractivity contribution >= 4 is 40.9 Å². The van der Waals surface area contributed by atoms with E-state index in [9.17, 15) is 14.4 Å². The molecule has 2 heterocycles. The van der Waals surface area contributed by atoms with Crippen LogP contribution in [0.1, 0.15) is 41.9 Å². The Bertz CT molecular complexity index is 1280. The first-order chi connectivity index (χ1) is 17.2. The summed E-state index contributed by atoms with van der Waals surface area (Å²) in [5, 5.41) is 2.81. The third-order valence-corrected chi connectivity index (χ3v) is 9.10. The number of hydrogen-bond acceptors (Lipinski definition) is 4. The Labute approximate surface area is 218 Å². The fourth-order valence-corrected chi connectivity index (χ4v) is 7.47. The van der Waals surface area contributed by atoms with Gasteiger partial charge in [-0.15, -0.1) is 23.2 Å². The van der Waals surface area contributed by atoms with E-state index in [-0.39, 0.29) is 12.5 Å². The summed E-state index contributed by atoms with van der Waals surface area (Å²) in [5.74, 6) is -3.02. The molecule has 1 saturated heterocycles. The van der Waals surface area contributed by atoms with Crippen LogP contribution in [0.2, 0.25) is 0 Å². The first-order valence-corrected chi connectivity index (χ1v) is 12.7. The van der Waals surface area contributed by atoms with E-state index in [1.54, 1.807) is 12.1 Å². The van der Waals surface area contributed by atoms with Crippen molar-refractivity contribution in [2.45, 2.75) is 36.2 Å². The van der Waals surface area contributed by atoms with E-state index in [2.05, 4.69) is 5.32 Å². The first kappa shape index (κ1) is 23.3. The third-order valence-electron chi connectivity index (χ3n) is 7.81. The zero-order chi connectivity index (χ0) is 25.4. The highest BCUT2D eigenvalue weighted by Crippen LogP contribution is 2.69. The lowest BCUT2D eigenvalue weighted by Crippen LogP contribution is -2.57. The van der Waals surface area contributed by atoms with Crippen LogP contribution >= 0.6 is 23.2 Å². The molecule has 36 heavy (non-hydrogen) atoms. The smallest absolute Gasteiger partial charge is 0.243 e. The van der Waals surface area contributed by atoms with E-state index in [0.717, 1.165) is 27.2 Å². The van der Waals surface area contributed by atoms with Crippen molar-refractivity contribution in [1.82, 2.24) is 10.2 Å². The monoisotopic (exact) mass is 522 g/mol.